The van der Waals surface area contributed by atoms with Gasteiger partial charge in [0, 0.05) is 32.4 Å². The van der Waals surface area contributed by atoms with Crippen LogP contribution in [0.25, 0.3) is 11.1 Å². The third-order valence-corrected chi connectivity index (χ3v) is 5.41. The Bertz CT molecular complexity index is 987. The molecule has 0 aliphatic heterocycles. The number of carbonyl (C=O) groups is 3. The number of esters is 2. The molecule has 0 heterocycles. The fourth-order valence-electron chi connectivity index (χ4n) is 3.56. The molecule has 0 aromatic heterocycles. The average Bonchev–Trinajstić information content (AvgIpc) is 2.80. The Balaban J connectivity index is 2.14. The standard InChI is InChI=1S/C27H34FNO6/c1-5-6-15-33-24-11-12-25(26(28)16-24)23-9-7-22(8-10-23)13-14-27(29-19(2)30,17-34-20(3)31)18-35-21(4)32/h7-12,16H,5-6,13-15,17-18H2,1-4H3,(H,29,30). The molecule has 0 radical (unpaired) electrons. The smallest absolute Gasteiger partial charge is 0.302 e. The normalized spacial score (nSPS) is 11.0. The minimum atomic E-state index is -1.07. The SMILES string of the molecule is CCCCOc1ccc(-c2ccc(CCC(COC(C)=O)(COC(C)=O)NC(C)=O)cc2)c(F)c1. The van der Waals surface area contributed by atoms with Crippen molar-refractivity contribution >= 4 is 17.8 Å². The first-order chi connectivity index (χ1) is 16.6. The van der Waals surface area contributed by atoms with E-state index in [-0.39, 0.29) is 24.9 Å². The van der Waals surface area contributed by atoms with Crippen LogP contribution < -0.4 is 10.1 Å². The summed E-state index contributed by atoms with van der Waals surface area (Å²) in [5.41, 5.74) is 1.05. The van der Waals surface area contributed by atoms with Crippen LogP contribution >= 0.6 is 0 Å². The molecule has 35 heavy (non-hydrogen) atoms. The van der Waals surface area contributed by atoms with Crippen molar-refractivity contribution in [3.8, 4) is 16.9 Å². The maximum atomic E-state index is 14.7. The number of nitrogens with one attached hydrogen (secondary N) is 1. The largest absolute Gasteiger partial charge is 0.493 e. The number of amides is 1. The van der Waals surface area contributed by atoms with E-state index >= 15 is 0 Å². The zero-order valence-electron chi connectivity index (χ0n) is 20.8. The van der Waals surface area contributed by atoms with Crippen LogP contribution in [0.2, 0.25) is 0 Å². The first-order valence-electron chi connectivity index (χ1n) is 11.7. The van der Waals surface area contributed by atoms with Crippen molar-refractivity contribution in [3.05, 3.63) is 53.8 Å². The predicted octanol–water partition coefficient (Wildman–Crippen LogP) is 4.61. The molecule has 0 aliphatic rings. The molecule has 0 bridgehead atoms. The number of hydrogen-bond donors (Lipinski definition) is 1. The van der Waals surface area contributed by atoms with Gasteiger partial charge in [0.2, 0.25) is 5.91 Å². The Kier molecular flexibility index (Phi) is 10.7. The van der Waals surface area contributed by atoms with Gasteiger partial charge in [0.15, 0.2) is 0 Å². The number of carbonyl (C=O) groups excluding carboxylic acids is 3. The first-order valence-corrected chi connectivity index (χ1v) is 11.7. The molecule has 7 nitrogen and oxygen atoms in total. The molecule has 1 N–H and O–H groups in total. The van der Waals surface area contributed by atoms with Gasteiger partial charge < -0.3 is 19.5 Å². The third kappa shape index (κ3) is 9.39. The van der Waals surface area contributed by atoms with Gasteiger partial charge in [0.05, 0.1) is 6.61 Å². The molecule has 2 aromatic carbocycles. The zero-order chi connectivity index (χ0) is 25.8. The summed E-state index contributed by atoms with van der Waals surface area (Å²) < 4.78 is 30.6. The quantitative estimate of drug-likeness (QED) is 0.328. The lowest BCUT2D eigenvalue weighted by Gasteiger charge is -2.33. The predicted molar refractivity (Wildman–Crippen MR) is 130 cm³/mol. The molecule has 0 saturated heterocycles. The number of benzene rings is 2. The Morgan fingerprint density at radius 3 is 2.09 bits per heavy atom. The van der Waals surface area contributed by atoms with Gasteiger partial charge in [-0.3, -0.25) is 14.4 Å². The van der Waals surface area contributed by atoms with E-state index in [4.69, 9.17) is 14.2 Å². The molecule has 8 heteroatoms. The highest BCUT2D eigenvalue weighted by Crippen LogP contribution is 2.27. The van der Waals surface area contributed by atoms with Gasteiger partial charge in [-0.2, -0.15) is 0 Å². The van der Waals surface area contributed by atoms with Crippen LogP contribution in [-0.4, -0.2) is 43.2 Å². The van der Waals surface area contributed by atoms with Crippen LogP contribution in [0.4, 0.5) is 4.39 Å². The second kappa shape index (κ2) is 13.5. The van der Waals surface area contributed by atoms with Gasteiger partial charge in [0.1, 0.15) is 30.3 Å². The van der Waals surface area contributed by atoms with E-state index in [9.17, 15) is 18.8 Å². The van der Waals surface area contributed by atoms with Crippen LogP contribution in [-0.2, 0) is 30.3 Å². The fraction of sp³-hybridized carbons (Fsp3) is 0.444. The maximum Gasteiger partial charge on any atom is 0.302 e. The van der Waals surface area contributed by atoms with Crippen LogP contribution in [0.3, 0.4) is 0 Å². The van der Waals surface area contributed by atoms with Gasteiger partial charge in [-0.1, -0.05) is 37.6 Å². The summed E-state index contributed by atoms with van der Waals surface area (Å²) in [6.45, 7) is 6.24. The molecule has 0 fully saturated rings. The second-order valence-corrected chi connectivity index (χ2v) is 8.56. The molecule has 190 valence electrons. The Hall–Kier alpha value is -3.42. The Labute approximate surface area is 206 Å². The molecule has 0 unspecified atom stereocenters. The monoisotopic (exact) mass is 487 g/mol. The summed E-state index contributed by atoms with van der Waals surface area (Å²) in [6.07, 6.45) is 2.77. The van der Waals surface area contributed by atoms with Gasteiger partial charge >= 0.3 is 11.9 Å². The minimum Gasteiger partial charge on any atom is -0.493 e. The molecule has 2 rings (SSSR count). The van der Waals surface area contributed by atoms with E-state index in [2.05, 4.69) is 12.2 Å². The first kappa shape index (κ1) is 27.8. The maximum absolute atomic E-state index is 14.7. The highest BCUT2D eigenvalue weighted by molar-refractivity contribution is 5.74. The Morgan fingerprint density at radius 1 is 0.943 bits per heavy atom. The lowest BCUT2D eigenvalue weighted by molar-refractivity contribution is -0.150. The molecule has 0 atom stereocenters. The molecular formula is C27H34FNO6. The molecule has 0 aliphatic carbocycles. The lowest BCUT2D eigenvalue weighted by Crippen LogP contribution is -2.55. The van der Waals surface area contributed by atoms with E-state index < -0.39 is 17.5 Å². The van der Waals surface area contributed by atoms with Crippen molar-refractivity contribution < 1.29 is 33.0 Å². The van der Waals surface area contributed by atoms with Crippen LogP contribution in [0.5, 0.6) is 5.75 Å². The number of unbranched alkanes of at least 4 members (excludes halogenated alkanes) is 1. The van der Waals surface area contributed by atoms with Crippen molar-refractivity contribution in [2.24, 2.45) is 0 Å². The number of ether oxygens (including phenoxy) is 3. The molecule has 0 spiro atoms. The van der Waals surface area contributed by atoms with Crippen molar-refractivity contribution in [2.75, 3.05) is 19.8 Å². The molecule has 1 amide bonds. The van der Waals surface area contributed by atoms with E-state index in [1.165, 1.54) is 26.8 Å². The van der Waals surface area contributed by atoms with Crippen LogP contribution in [0.15, 0.2) is 42.5 Å². The summed E-state index contributed by atoms with van der Waals surface area (Å²) in [5.74, 6) is -1.20. The van der Waals surface area contributed by atoms with Crippen molar-refractivity contribution in [1.82, 2.24) is 5.32 Å². The number of hydrogen-bond acceptors (Lipinski definition) is 6. The minimum absolute atomic E-state index is 0.134. The van der Waals surface area contributed by atoms with E-state index in [1.54, 1.807) is 12.1 Å². The number of rotatable bonds is 13. The lowest BCUT2D eigenvalue weighted by atomic mass is 9.91. The summed E-state index contributed by atoms with van der Waals surface area (Å²) in [4.78, 5) is 34.6. The van der Waals surface area contributed by atoms with Crippen molar-refractivity contribution in [2.45, 2.75) is 58.9 Å². The molecule has 2 aromatic rings. The molecule has 0 saturated carbocycles. The highest BCUT2D eigenvalue weighted by atomic mass is 19.1. The third-order valence-electron chi connectivity index (χ3n) is 5.41. The number of halogens is 1. The summed E-state index contributed by atoms with van der Waals surface area (Å²) in [6, 6.07) is 12.2. The summed E-state index contributed by atoms with van der Waals surface area (Å²) >= 11 is 0. The van der Waals surface area contributed by atoms with Crippen molar-refractivity contribution in [1.29, 1.82) is 0 Å². The van der Waals surface area contributed by atoms with Gasteiger partial charge in [-0.25, -0.2) is 4.39 Å². The second-order valence-electron chi connectivity index (χ2n) is 8.56. The Morgan fingerprint density at radius 2 is 1.57 bits per heavy atom. The van der Waals surface area contributed by atoms with Crippen molar-refractivity contribution in [3.63, 3.8) is 0 Å². The molecular weight excluding hydrogens is 453 g/mol. The number of aryl methyl sites for hydroxylation is 1. The van der Waals surface area contributed by atoms with E-state index in [0.717, 1.165) is 24.0 Å². The van der Waals surface area contributed by atoms with Gasteiger partial charge in [-0.05, 0) is 42.5 Å². The van der Waals surface area contributed by atoms with Crippen LogP contribution in [0.1, 0.15) is 52.5 Å². The average molecular weight is 488 g/mol. The van der Waals surface area contributed by atoms with E-state index in [1.807, 2.05) is 24.3 Å². The highest BCUT2D eigenvalue weighted by Gasteiger charge is 2.34. The van der Waals surface area contributed by atoms with Crippen LogP contribution in [0, 0.1) is 5.82 Å². The van der Waals surface area contributed by atoms with E-state index in [0.29, 0.717) is 30.8 Å². The fourth-order valence-corrected chi connectivity index (χ4v) is 3.56. The summed E-state index contributed by atoms with van der Waals surface area (Å²) in [7, 11) is 0. The van der Waals surface area contributed by atoms with Gasteiger partial charge in [-0.15, -0.1) is 0 Å². The van der Waals surface area contributed by atoms with Gasteiger partial charge in [0.25, 0.3) is 0 Å². The topological polar surface area (TPSA) is 90.9 Å². The zero-order valence-corrected chi connectivity index (χ0v) is 20.8. The summed E-state index contributed by atoms with van der Waals surface area (Å²) in [5, 5.41) is 2.79.